The number of ketones is 1. The number of benzene rings is 1. The topological polar surface area (TPSA) is 98.5 Å². The Balaban J connectivity index is 3.01. The molecular weight excluding hydrogens is 288 g/mol. The molecule has 120 valence electrons. The molecule has 22 heavy (non-hydrogen) atoms. The molecule has 0 aliphatic heterocycles. The molecule has 0 atom stereocenters. The van der Waals surface area contributed by atoms with Gasteiger partial charge in [-0.1, -0.05) is 12.1 Å². The number of alkyl carbamates (subject to hydrolysis) is 1. The van der Waals surface area contributed by atoms with Crippen LogP contribution in [-0.4, -0.2) is 27.9 Å². The minimum Gasteiger partial charge on any atom is -0.444 e. The third-order valence-corrected chi connectivity index (χ3v) is 2.73. The van der Waals surface area contributed by atoms with Crippen molar-refractivity contribution in [3.63, 3.8) is 0 Å². The first-order valence-electron chi connectivity index (χ1n) is 6.73. The van der Waals surface area contributed by atoms with E-state index in [1.807, 2.05) is 0 Å². The van der Waals surface area contributed by atoms with E-state index >= 15 is 0 Å². The van der Waals surface area contributed by atoms with Crippen LogP contribution in [0.5, 0.6) is 0 Å². The maximum Gasteiger partial charge on any atom is 0.408 e. The van der Waals surface area contributed by atoms with Gasteiger partial charge in [0.2, 0.25) is 0 Å². The average molecular weight is 308 g/mol. The Kier molecular flexibility index (Phi) is 4.91. The number of nitrogens with one attached hydrogen (secondary N) is 1. The van der Waals surface area contributed by atoms with Gasteiger partial charge in [0.15, 0.2) is 5.78 Å². The molecule has 7 nitrogen and oxygen atoms in total. The Morgan fingerprint density at radius 3 is 2.18 bits per heavy atom. The molecule has 0 aliphatic rings. The second-order valence-corrected chi connectivity index (χ2v) is 6.36. The lowest BCUT2D eigenvalue weighted by Gasteiger charge is -2.27. The van der Waals surface area contributed by atoms with E-state index in [-0.39, 0.29) is 11.3 Å². The molecule has 0 unspecified atom stereocenters. The molecule has 0 saturated carbocycles. The summed E-state index contributed by atoms with van der Waals surface area (Å²) >= 11 is 0. The van der Waals surface area contributed by atoms with Crippen LogP contribution < -0.4 is 5.32 Å². The maximum atomic E-state index is 12.5. The monoisotopic (exact) mass is 308 g/mol. The normalized spacial score (nSPS) is 11.7. The van der Waals surface area contributed by atoms with Crippen LogP contribution in [0.3, 0.4) is 0 Å². The van der Waals surface area contributed by atoms with E-state index in [0.717, 1.165) is 0 Å². The largest absolute Gasteiger partial charge is 0.444 e. The lowest BCUT2D eigenvalue weighted by atomic mass is 9.92. The highest BCUT2D eigenvalue weighted by Crippen LogP contribution is 2.23. The van der Waals surface area contributed by atoms with Gasteiger partial charge < -0.3 is 10.1 Å². The van der Waals surface area contributed by atoms with Crippen molar-refractivity contribution in [3.05, 3.63) is 39.9 Å². The number of carbonyl (C=O) groups is 2. The molecule has 0 aliphatic carbocycles. The van der Waals surface area contributed by atoms with Crippen molar-refractivity contribution in [2.24, 2.45) is 0 Å². The van der Waals surface area contributed by atoms with E-state index in [1.54, 1.807) is 20.8 Å². The summed E-state index contributed by atoms with van der Waals surface area (Å²) in [4.78, 5) is 34.7. The molecule has 1 N–H and O–H groups in total. The third kappa shape index (κ3) is 4.54. The van der Waals surface area contributed by atoms with Gasteiger partial charge in [0.1, 0.15) is 11.1 Å². The molecule has 0 aromatic heterocycles. The number of nitro benzene ring substituents is 1. The number of para-hydroxylation sites is 1. The Hall–Kier alpha value is -2.44. The van der Waals surface area contributed by atoms with Gasteiger partial charge in [0.25, 0.3) is 5.69 Å². The highest BCUT2D eigenvalue weighted by molar-refractivity contribution is 6.06. The van der Waals surface area contributed by atoms with E-state index in [2.05, 4.69) is 5.32 Å². The molecular formula is C15H20N2O5. The molecule has 0 bridgehead atoms. The first-order chi connectivity index (χ1) is 9.94. The molecule has 1 aromatic rings. The van der Waals surface area contributed by atoms with Crippen LogP contribution in [0.25, 0.3) is 0 Å². The number of nitro groups is 1. The highest BCUT2D eigenvalue weighted by Gasteiger charge is 2.35. The standard InChI is InChI=1S/C15H20N2O5/c1-14(2,3)22-13(19)16-15(4,5)12(18)10-8-6-7-9-11(10)17(20)21/h6-9H,1-5H3,(H,16,19). The van der Waals surface area contributed by atoms with Gasteiger partial charge in [-0.2, -0.15) is 0 Å². The summed E-state index contributed by atoms with van der Waals surface area (Å²) in [5.74, 6) is -0.564. The minimum atomic E-state index is -1.34. The van der Waals surface area contributed by atoms with Crippen LogP contribution in [0, 0.1) is 10.1 Å². The Labute approximate surface area is 128 Å². The minimum absolute atomic E-state index is 0.0615. The lowest BCUT2D eigenvalue weighted by molar-refractivity contribution is -0.385. The second kappa shape index (κ2) is 6.13. The average Bonchev–Trinajstić information content (AvgIpc) is 2.34. The van der Waals surface area contributed by atoms with Gasteiger partial charge in [0.05, 0.1) is 10.5 Å². The van der Waals surface area contributed by atoms with Gasteiger partial charge in [-0.25, -0.2) is 4.79 Å². The van der Waals surface area contributed by atoms with Crippen molar-refractivity contribution in [3.8, 4) is 0 Å². The number of carbonyl (C=O) groups excluding carboxylic acids is 2. The van der Waals surface area contributed by atoms with Gasteiger partial charge >= 0.3 is 6.09 Å². The van der Waals surface area contributed by atoms with Crippen molar-refractivity contribution in [2.75, 3.05) is 0 Å². The Morgan fingerprint density at radius 2 is 1.68 bits per heavy atom. The maximum absolute atomic E-state index is 12.5. The van der Waals surface area contributed by atoms with E-state index in [0.29, 0.717) is 0 Å². The number of hydrogen-bond donors (Lipinski definition) is 1. The SMILES string of the molecule is CC(C)(C)OC(=O)NC(C)(C)C(=O)c1ccccc1[N+](=O)[O-]. The highest BCUT2D eigenvalue weighted by atomic mass is 16.6. The lowest BCUT2D eigenvalue weighted by Crippen LogP contribution is -2.51. The van der Waals surface area contributed by atoms with Crippen molar-refractivity contribution in [2.45, 2.75) is 45.8 Å². The van der Waals surface area contributed by atoms with Gasteiger partial charge in [0, 0.05) is 6.07 Å². The quantitative estimate of drug-likeness (QED) is 0.523. The summed E-state index contributed by atoms with van der Waals surface area (Å²) in [6, 6.07) is 5.61. The molecule has 7 heteroatoms. The van der Waals surface area contributed by atoms with Gasteiger partial charge in [-0.15, -0.1) is 0 Å². The van der Waals surface area contributed by atoms with Gasteiger partial charge in [-0.05, 0) is 40.7 Å². The van der Waals surface area contributed by atoms with Gasteiger partial charge in [-0.3, -0.25) is 14.9 Å². The number of Topliss-reactive ketones (excluding diaryl/α,β-unsaturated/α-hetero) is 1. The molecule has 0 radical (unpaired) electrons. The molecule has 0 spiro atoms. The van der Waals surface area contributed by atoms with E-state index in [4.69, 9.17) is 4.74 Å². The van der Waals surface area contributed by atoms with E-state index in [9.17, 15) is 19.7 Å². The third-order valence-electron chi connectivity index (χ3n) is 2.73. The fourth-order valence-electron chi connectivity index (χ4n) is 1.78. The predicted molar refractivity (Wildman–Crippen MR) is 80.9 cm³/mol. The molecule has 1 rings (SSSR count). The van der Waals surface area contributed by atoms with Crippen LogP contribution in [0.1, 0.15) is 45.0 Å². The van der Waals surface area contributed by atoms with Crippen molar-refractivity contribution in [1.82, 2.24) is 5.32 Å². The summed E-state index contributed by atoms with van der Waals surface area (Å²) in [5.41, 5.74) is -2.41. The summed E-state index contributed by atoms with van der Waals surface area (Å²) in [6.45, 7) is 8.03. The molecule has 1 amide bonds. The fourth-order valence-corrected chi connectivity index (χ4v) is 1.78. The first-order valence-corrected chi connectivity index (χ1v) is 6.73. The molecule has 0 saturated heterocycles. The number of rotatable bonds is 4. The van der Waals surface area contributed by atoms with Crippen LogP contribution >= 0.6 is 0 Å². The summed E-state index contributed by atoms with van der Waals surface area (Å²) in [6.07, 6.45) is -0.760. The number of amides is 1. The van der Waals surface area contributed by atoms with E-state index < -0.39 is 27.9 Å². The number of ether oxygens (including phenoxy) is 1. The van der Waals surface area contributed by atoms with Crippen molar-refractivity contribution in [1.29, 1.82) is 0 Å². The Morgan fingerprint density at radius 1 is 1.14 bits per heavy atom. The molecule has 0 fully saturated rings. The first kappa shape index (κ1) is 17.6. The number of hydrogen-bond acceptors (Lipinski definition) is 5. The fraction of sp³-hybridized carbons (Fsp3) is 0.467. The van der Waals surface area contributed by atoms with Crippen LogP contribution in [0.15, 0.2) is 24.3 Å². The Bertz CT molecular complexity index is 602. The molecule has 0 heterocycles. The van der Waals surface area contributed by atoms with Crippen molar-refractivity contribution < 1.29 is 19.2 Å². The van der Waals surface area contributed by atoms with E-state index in [1.165, 1.54) is 38.1 Å². The van der Waals surface area contributed by atoms with Crippen molar-refractivity contribution >= 4 is 17.6 Å². The van der Waals surface area contributed by atoms with Crippen LogP contribution in [-0.2, 0) is 4.74 Å². The summed E-state index contributed by atoms with van der Waals surface area (Å²) in [5, 5.41) is 13.4. The smallest absolute Gasteiger partial charge is 0.408 e. The summed E-state index contributed by atoms with van der Waals surface area (Å²) < 4.78 is 5.10. The molecule has 1 aromatic carbocycles. The number of nitrogens with zero attached hydrogens (tertiary/aromatic N) is 1. The van der Waals surface area contributed by atoms with Crippen LogP contribution in [0.2, 0.25) is 0 Å². The van der Waals surface area contributed by atoms with Crippen LogP contribution in [0.4, 0.5) is 10.5 Å². The zero-order chi connectivity index (χ0) is 17.1. The zero-order valence-electron chi connectivity index (χ0n) is 13.3. The zero-order valence-corrected chi connectivity index (χ0v) is 13.3. The second-order valence-electron chi connectivity index (χ2n) is 6.36. The summed E-state index contributed by atoms with van der Waals surface area (Å²) in [7, 11) is 0. The predicted octanol–water partition coefficient (Wildman–Crippen LogP) is 3.08.